The van der Waals surface area contributed by atoms with E-state index >= 15 is 0 Å². The Morgan fingerprint density at radius 3 is 2.38 bits per heavy atom. The third kappa shape index (κ3) is 5.03. The molecule has 2 aliphatic rings. The van der Waals surface area contributed by atoms with Crippen molar-refractivity contribution in [2.24, 2.45) is 0 Å². The zero-order valence-electron chi connectivity index (χ0n) is 19.4. The number of phenolic OH excluding ortho intramolecular Hbond substituents is 1. The van der Waals surface area contributed by atoms with Crippen molar-refractivity contribution in [1.29, 1.82) is 0 Å². The maximum Gasteiger partial charge on any atom is 0.254 e. The maximum absolute atomic E-state index is 13.1. The van der Waals surface area contributed by atoms with E-state index in [1.807, 2.05) is 49.1 Å². The van der Waals surface area contributed by atoms with Crippen molar-refractivity contribution in [1.82, 2.24) is 14.7 Å². The van der Waals surface area contributed by atoms with Crippen LogP contribution in [0.15, 0.2) is 40.9 Å². The number of aromatic hydroxyl groups is 1. The van der Waals surface area contributed by atoms with Crippen LogP contribution >= 0.6 is 15.9 Å². The van der Waals surface area contributed by atoms with Gasteiger partial charge in [-0.3, -0.25) is 14.6 Å². The summed E-state index contributed by atoms with van der Waals surface area (Å²) >= 11 is 3.41. The summed E-state index contributed by atoms with van der Waals surface area (Å²) in [4.78, 5) is 20.2. The highest BCUT2D eigenvalue weighted by atomic mass is 79.9. The van der Waals surface area contributed by atoms with Crippen LogP contribution in [0.2, 0.25) is 0 Å². The van der Waals surface area contributed by atoms with Crippen molar-refractivity contribution in [2.45, 2.75) is 52.2 Å². The lowest BCUT2D eigenvalue weighted by Gasteiger charge is -2.45. The summed E-state index contributed by atoms with van der Waals surface area (Å²) in [6.07, 6.45) is 2.08. The van der Waals surface area contributed by atoms with Gasteiger partial charge >= 0.3 is 0 Å². The molecule has 6 heteroatoms. The Bertz CT molecular complexity index is 951. The maximum atomic E-state index is 13.1. The topological polar surface area (TPSA) is 47.0 Å². The molecule has 2 heterocycles. The fraction of sp³-hybridized carbons (Fsp3) is 0.500. The molecular formula is C26H34BrN3O2. The van der Waals surface area contributed by atoms with Gasteiger partial charge in [-0.2, -0.15) is 0 Å². The predicted octanol–water partition coefficient (Wildman–Crippen LogP) is 4.58. The molecule has 0 radical (unpaired) electrons. The van der Waals surface area contributed by atoms with Crippen molar-refractivity contribution in [3.63, 3.8) is 0 Å². The van der Waals surface area contributed by atoms with Crippen molar-refractivity contribution in [3.8, 4) is 5.75 Å². The molecule has 4 rings (SSSR count). The van der Waals surface area contributed by atoms with Gasteiger partial charge in [-0.1, -0.05) is 40.2 Å². The Hall–Kier alpha value is -1.89. The molecule has 172 valence electrons. The Morgan fingerprint density at radius 2 is 1.75 bits per heavy atom. The van der Waals surface area contributed by atoms with Crippen LogP contribution in [0.5, 0.6) is 5.75 Å². The predicted molar refractivity (Wildman–Crippen MR) is 132 cm³/mol. The number of hydrogen-bond donors (Lipinski definition) is 1. The van der Waals surface area contributed by atoms with Gasteiger partial charge < -0.3 is 10.0 Å². The van der Waals surface area contributed by atoms with E-state index < -0.39 is 0 Å². The van der Waals surface area contributed by atoms with E-state index in [1.54, 1.807) is 6.07 Å². The molecule has 32 heavy (non-hydrogen) atoms. The van der Waals surface area contributed by atoms with E-state index in [0.29, 0.717) is 17.8 Å². The van der Waals surface area contributed by atoms with Crippen LogP contribution in [0.1, 0.15) is 46.8 Å². The van der Waals surface area contributed by atoms with Gasteiger partial charge in [-0.25, -0.2) is 0 Å². The van der Waals surface area contributed by atoms with Crippen LogP contribution in [0.4, 0.5) is 0 Å². The molecule has 1 unspecified atom stereocenters. The summed E-state index contributed by atoms with van der Waals surface area (Å²) in [6.45, 7) is 11.8. The van der Waals surface area contributed by atoms with E-state index in [-0.39, 0.29) is 5.91 Å². The summed E-state index contributed by atoms with van der Waals surface area (Å²) < 4.78 is 0.902. The van der Waals surface area contributed by atoms with E-state index in [4.69, 9.17) is 0 Å². The van der Waals surface area contributed by atoms with Crippen LogP contribution in [-0.2, 0) is 6.54 Å². The average Bonchev–Trinajstić information content (AvgIpc) is 2.76. The summed E-state index contributed by atoms with van der Waals surface area (Å²) in [5.74, 6) is 0.543. The van der Waals surface area contributed by atoms with Crippen LogP contribution in [-0.4, -0.2) is 70.5 Å². The van der Waals surface area contributed by atoms with Gasteiger partial charge in [0.05, 0.1) is 0 Å². The minimum Gasteiger partial charge on any atom is -0.508 e. The van der Waals surface area contributed by atoms with Gasteiger partial charge in [0, 0.05) is 67.0 Å². The summed E-state index contributed by atoms with van der Waals surface area (Å²) in [7, 11) is 0. The molecular weight excluding hydrogens is 466 g/mol. The Kier molecular flexibility index (Phi) is 7.23. The number of nitrogens with zero attached hydrogens (tertiary/aromatic N) is 3. The van der Waals surface area contributed by atoms with Crippen LogP contribution in [0, 0.1) is 13.8 Å². The lowest BCUT2D eigenvalue weighted by molar-refractivity contribution is 0.0256. The summed E-state index contributed by atoms with van der Waals surface area (Å²) in [5.41, 5.74) is 3.99. The Morgan fingerprint density at radius 1 is 1.06 bits per heavy atom. The molecule has 0 aliphatic carbocycles. The number of aryl methyl sites for hydroxylation is 2. The molecule has 5 nitrogen and oxygen atoms in total. The minimum atomic E-state index is 0.187. The van der Waals surface area contributed by atoms with Crippen molar-refractivity contribution in [2.75, 3.05) is 32.7 Å². The number of carbonyl (C=O) groups excluding carboxylic acids is 1. The second-order valence-electron chi connectivity index (χ2n) is 9.38. The second kappa shape index (κ2) is 9.94. The van der Waals surface area contributed by atoms with Gasteiger partial charge in [-0.05, 0) is 56.9 Å². The molecule has 2 saturated heterocycles. The highest BCUT2D eigenvalue weighted by Gasteiger charge is 2.32. The SMILES string of the molecule is Cc1cccc(C)c1C(=O)N1CCC(N2CCN(Cc3ccc(Br)cc3O)C(C)C2)CC1. The molecule has 0 bridgehead atoms. The zero-order valence-corrected chi connectivity index (χ0v) is 20.9. The molecule has 2 aromatic rings. The third-order valence-electron chi connectivity index (χ3n) is 7.18. The molecule has 1 atom stereocenters. The van der Waals surface area contributed by atoms with E-state index in [9.17, 15) is 9.90 Å². The minimum absolute atomic E-state index is 0.187. The number of halogens is 1. The number of piperidine rings is 1. The summed E-state index contributed by atoms with van der Waals surface area (Å²) in [5, 5.41) is 10.3. The number of piperazine rings is 1. The molecule has 2 aromatic carbocycles. The highest BCUT2D eigenvalue weighted by Crippen LogP contribution is 2.27. The van der Waals surface area contributed by atoms with Crippen molar-refractivity contribution in [3.05, 3.63) is 63.1 Å². The number of phenols is 1. The number of hydrogen-bond acceptors (Lipinski definition) is 4. The number of rotatable bonds is 4. The van der Waals surface area contributed by atoms with Crippen LogP contribution < -0.4 is 0 Å². The second-order valence-corrected chi connectivity index (χ2v) is 10.3. The normalized spacial score (nSPS) is 21.1. The molecule has 1 N–H and O–H groups in total. The first-order valence-electron chi connectivity index (χ1n) is 11.6. The van der Waals surface area contributed by atoms with Crippen molar-refractivity contribution >= 4 is 21.8 Å². The van der Waals surface area contributed by atoms with Gasteiger partial charge in [0.15, 0.2) is 0 Å². The first-order valence-corrected chi connectivity index (χ1v) is 12.4. The monoisotopic (exact) mass is 499 g/mol. The number of amides is 1. The first-order chi connectivity index (χ1) is 15.3. The third-order valence-corrected chi connectivity index (χ3v) is 7.67. The average molecular weight is 500 g/mol. The molecule has 0 spiro atoms. The molecule has 1 amide bonds. The molecule has 0 aromatic heterocycles. The standard InChI is InChI=1S/C26H34BrN3O2/c1-18-5-4-6-19(2)25(18)26(32)28-11-9-23(10-12-28)30-14-13-29(20(3)16-30)17-21-7-8-22(27)15-24(21)31/h4-8,15,20,23,31H,9-14,16-17H2,1-3H3. The van der Waals surface area contributed by atoms with E-state index in [2.05, 4.69) is 32.7 Å². The summed E-state index contributed by atoms with van der Waals surface area (Å²) in [6, 6.07) is 12.8. The fourth-order valence-electron chi connectivity index (χ4n) is 5.22. The van der Waals surface area contributed by atoms with Gasteiger partial charge in [-0.15, -0.1) is 0 Å². The fourth-order valence-corrected chi connectivity index (χ4v) is 5.57. The largest absolute Gasteiger partial charge is 0.508 e. The Labute approximate surface area is 200 Å². The number of carbonyl (C=O) groups is 1. The van der Waals surface area contributed by atoms with Gasteiger partial charge in [0.25, 0.3) is 5.91 Å². The highest BCUT2D eigenvalue weighted by molar-refractivity contribution is 9.10. The van der Waals surface area contributed by atoms with Gasteiger partial charge in [0.2, 0.25) is 0 Å². The van der Waals surface area contributed by atoms with Gasteiger partial charge in [0.1, 0.15) is 5.75 Å². The van der Waals surface area contributed by atoms with Crippen LogP contribution in [0.25, 0.3) is 0 Å². The zero-order chi connectivity index (χ0) is 22.8. The lowest BCUT2D eigenvalue weighted by Crippen LogP contribution is -2.56. The molecule has 0 saturated carbocycles. The number of benzene rings is 2. The first kappa shape index (κ1) is 23.3. The molecule has 2 aliphatic heterocycles. The Balaban J connectivity index is 1.31. The van der Waals surface area contributed by atoms with Crippen LogP contribution in [0.3, 0.4) is 0 Å². The molecule has 2 fully saturated rings. The van der Waals surface area contributed by atoms with E-state index in [1.165, 1.54) is 0 Å². The van der Waals surface area contributed by atoms with Crippen molar-refractivity contribution < 1.29 is 9.90 Å². The number of likely N-dealkylation sites (tertiary alicyclic amines) is 1. The lowest BCUT2D eigenvalue weighted by atomic mass is 9.97. The van der Waals surface area contributed by atoms with E-state index in [0.717, 1.165) is 78.8 Å². The quantitative estimate of drug-likeness (QED) is 0.668. The smallest absolute Gasteiger partial charge is 0.254 e.